The molecular weight excluding hydrogens is 571 g/mol. The fraction of sp³-hybridized carbons (Fsp3) is 0.167. The van der Waals surface area contributed by atoms with Crippen LogP contribution in [0.3, 0.4) is 0 Å². The Morgan fingerprint density at radius 3 is 2.56 bits per heavy atom. The maximum absolute atomic E-state index is 12.8. The highest BCUT2D eigenvalue weighted by Crippen LogP contribution is 2.35. The Hall–Kier alpha value is -3.25. The molecule has 2 aromatic rings. The van der Waals surface area contributed by atoms with E-state index in [-0.39, 0.29) is 29.4 Å². The SMILES string of the molecule is C=CCN1C(=O)/C(=C/c2cc(I)c(OCc3ccc(C(=O)O)cc3)c(OCC)c2)C(=O)NC1=S. The standard InChI is InChI=1S/C24H21IN2O6S/c1-3-9-27-22(29)17(21(28)26-24(27)34)10-15-11-18(25)20(19(12-15)32-4-2)33-13-14-5-7-16(8-6-14)23(30)31/h3,5-8,10-12H,1,4,9,13H2,2H3,(H,30,31)(H,26,28,34)/b17-10+. The van der Waals surface area contributed by atoms with E-state index in [0.717, 1.165) is 5.56 Å². The van der Waals surface area contributed by atoms with E-state index in [1.807, 2.05) is 6.92 Å². The van der Waals surface area contributed by atoms with Crippen LogP contribution in [0.5, 0.6) is 11.5 Å². The van der Waals surface area contributed by atoms with Gasteiger partial charge < -0.3 is 14.6 Å². The lowest BCUT2D eigenvalue weighted by Gasteiger charge is -2.27. The second-order valence-electron chi connectivity index (χ2n) is 7.08. The lowest BCUT2D eigenvalue weighted by molar-refractivity contribution is -0.128. The average Bonchev–Trinajstić information content (AvgIpc) is 2.79. The number of carbonyl (C=O) groups excluding carboxylic acids is 2. The topological polar surface area (TPSA) is 105 Å². The van der Waals surface area contributed by atoms with E-state index in [4.69, 9.17) is 26.8 Å². The summed E-state index contributed by atoms with van der Waals surface area (Å²) in [6.45, 7) is 6.20. The number of rotatable bonds is 9. The molecule has 2 N–H and O–H groups in total. The van der Waals surface area contributed by atoms with Crippen molar-refractivity contribution >= 4 is 63.8 Å². The molecule has 2 amide bonds. The Balaban J connectivity index is 1.88. The van der Waals surface area contributed by atoms with Gasteiger partial charge >= 0.3 is 5.97 Å². The van der Waals surface area contributed by atoms with E-state index in [1.54, 1.807) is 24.3 Å². The molecule has 0 spiro atoms. The van der Waals surface area contributed by atoms with Crippen LogP contribution in [0, 0.1) is 3.57 Å². The summed E-state index contributed by atoms with van der Waals surface area (Å²) in [6, 6.07) is 9.85. The van der Waals surface area contributed by atoms with Crippen molar-refractivity contribution in [3.05, 3.63) is 74.9 Å². The van der Waals surface area contributed by atoms with Crippen LogP contribution in [0.25, 0.3) is 6.08 Å². The third-order valence-electron chi connectivity index (χ3n) is 4.72. The van der Waals surface area contributed by atoms with E-state index >= 15 is 0 Å². The minimum Gasteiger partial charge on any atom is -0.490 e. The van der Waals surface area contributed by atoms with Gasteiger partial charge in [0.15, 0.2) is 16.6 Å². The summed E-state index contributed by atoms with van der Waals surface area (Å²) in [6.07, 6.45) is 3.01. The molecule has 8 nitrogen and oxygen atoms in total. The molecule has 1 aliphatic rings. The van der Waals surface area contributed by atoms with Crippen LogP contribution in [0.15, 0.2) is 54.6 Å². The van der Waals surface area contributed by atoms with Crippen molar-refractivity contribution < 1.29 is 29.0 Å². The van der Waals surface area contributed by atoms with Gasteiger partial charge in [0.2, 0.25) is 0 Å². The van der Waals surface area contributed by atoms with Gasteiger partial charge in [0.05, 0.1) is 15.7 Å². The molecule has 1 aliphatic heterocycles. The molecule has 0 saturated carbocycles. The summed E-state index contributed by atoms with van der Waals surface area (Å²) < 4.78 is 12.4. The molecule has 0 aromatic heterocycles. The maximum atomic E-state index is 12.8. The number of thiocarbonyl (C=S) groups is 1. The number of amides is 2. The number of carbonyl (C=O) groups is 3. The lowest BCUT2D eigenvalue weighted by atomic mass is 10.1. The summed E-state index contributed by atoms with van der Waals surface area (Å²) in [5.41, 5.74) is 1.51. The van der Waals surface area contributed by atoms with Gasteiger partial charge in [-0.05, 0) is 83.2 Å². The first kappa shape index (κ1) is 25.4. The van der Waals surface area contributed by atoms with Gasteiger partial charge in [0, 0.05) is 6.54 Å². The van der Waals surface area contributed by atoms with Crippen molar-refractivity contribution in [3.8, 4) is 11.5 Å². The Labute approximate surface area is 215 Å². The van der Waals surface area contributed by atoms with Crippen LogP contribution in [0.4, 0.5) is 0 Å². The predicted molar refractivity (Wildman–Crippen MR) is 139 cm³/mol. The first-order valence-corrected chi connectivity index (χ1v) is 11.6. The molecule has 0 unspecified atom stereocenters. The van der Waals surface area contributed by atoms with Gasteiger partial charge in [-0.1, -0.05) is 18.2 Å². The van der Waals surface area contributed by atoms with Gasteiger partial charge in [-0.15, -0.1) is 6.58 Å². The number of benzene rings is 2. The number of nitrogens with zero attached hydrogens (tertiary/aromatic N) is 1. The van der Waals surface area contributed by atoms with E-state index in [9.17, 15) is 14.4 Å². The van der Waals surface area contributed by atoms with Crippen LogP contribution >= 0.6 is 34.8 Å². The maximum Gasteiger partial charge on any atom is 0.335 e. The monoisotopic (exact) mass is 592 g/mol. The minimum absolute atomic E-state index is 0.0387. The van der Waals surface area contributed by atoms with Crippen molar-refractivity contribution in [3.63, 3.8) is 0 Å². The molecular formula is C24H21IN2O6S. The largest absolute Gasteiger partial charge is 0.490 e. The number of halogens is 1. The smallest absolute Gasteiger partial charge is 0.335 e. The highest BCUT2D eigenvalue weighted by atomic mass is 127. The van der Waals surface area contributed by atoms with Crippen molar-refractivity contribution in [2.45, 2.75) is 13.5 Å². The summed E-state index contributed by atoms with van der Waals surface area (Å²) in [5, 5.41) is 11.6. The zero-order valence-electron chi connectivity index (χ0n) is 18.2. The molecule has 0 bridgehead atoms. The molecule has 1 fully saturated rings. The first-order valence-electron chi connectivity index (χ1n) is 10.2. The van der Waals surface area contributed by atoms with Crippen molar-refractivity contribution in [1.82, 2.24) is 10.2 Å². The fourth-order valence-electron chi connectivity index (χ4n) is 3.13. The highest BCUT2D eigenvalue weighted by Gasteiger charge is 2.32. The number of nitrogens with one attached hydrogen (secondary N) is 1. The number of aromatic carboxylic acids is 1. The predicted octanol–water partition coefficient (Wildman–Crippen LogP) is 3.78. The summed E-state index contributed by atoms with van der Waals surface area (Å²) in [7, 11) is 0. The van der Waals surface area contributed by atoms with E-state index in [2.05, 4.69) is 34.5 Å². The third kappa shape index (κ3) is 5.81. The van der Waals surface area contributed by atoms with Gasteiger partial charge in [-0.25, -0.2) is 4.79 Å². The average molecular weight is 592 g/mol. The normalized spacial score (nSPS) is 14.7. The third-order valence-corrected chi connectivity index (χ3v) is 5.85. The molecule has 10 heteroatoms. The van der Waals surface area contributed by atoms with Gasteiger partial charge in [0.1, 0.15) is 12.2 Å². The number of hydrogen-bond acceptors (Lipinski definition) is 6. The fourth-order valence-corrected chi connectivity index (χ4v) is 4.16. The second-order valence-corrected chi connectivity index (χ2v) is 8.62. The van der Waals surface area contributed by atoms with Crippen LogP contribution < -0.4 is 14.8 Å². The lowest BCUT2D eigenvalue weighted by Crippen LogP contribution is -2.53. The van der Waals surface area contributed by atoms with Crippen LogP contribution in [-0.2, 0) is 16.2 Å². The second kappa shape index (κ2) is 11.3. The zero-order chi connectivity index (χ0) is 24.8. The van der Waals surface area contributed by atoms with Gasteiger partial charge in [-0.3, -0.25) is 19.8 Å². The molecule has 2 aromatic carbocycles. The Bertz CT molecular complexity index is 1190. The first-order chi connectivity index (χ1) is 16.2. The molecule has 3 rings (SSSR count). The van der Waals surface area contributed by atoms with Crippen LogP contribution in [0.2, 0.25) is 0 Å². The summed E-state index contributed by atoms with van der Waals surface area (Å²) >= 11 is 7.17. The van der Waals surface area contributed by atoms with Crippen LogP contribution in [-0.4, -0.2) is 46.1 Å². The Kier molecular flexibility index (Phi) is 8.40. The van der Waals surface area contributed by atoms with E-state index in [0.29, 0.717) is 27.2 Å². The molecule has 0 atom stereocenters. The zero-order valence-corrected chi connectivity index (χ0v) is 21.1. The molecule has 0 radical (unpaired) electrons. The summed E-state index contributed by atoms with van der Waals surface area (Å²) in [4.78, 5) is 37.5. The van der Waals surface area contributed by atoms with Gasteiger partial charge in [-0.2, -0.15) is 0 Å². The molecule has 1 heterocycles. The quantitative estimate of drug-likeness (QED) is 0.150. The van der Waals surface area contributed by atoms with Gasteiger partial charge in [0.25, 0.3) is 11.8 Å². The molecule has 0 aliphatic carbocycles. The van der Waals surface area contributed by atoms with E-state index < -0.39 is 17.8 Å². The summed E-state index contributed by atoms with van der Waals surface area (Å²) in [5.74, 6) is -1.13. The Morgan fingerprint density at radius 2 is 1.94 bits per heavy atom. The van der Waals surface area contributed by atoms with E-state index in [1.165, 1.54) is 29.2 Å². The van der Waals surface area contributed by atoms with Crippen molar-refractivity contribution in [1.29, 1.82) is 0 Å². The molecule has 34 heavy (non-hydrogen) atoms. The highest BCUT2D eigenvalue weighted by molar-refractivity contribution is 14.1. The number of carboxylic acids is 1. The van der Waals surface area contributed by atoms with Crippen LogP contribution in [0.1, 0.15) is 28.4 Å². The number of ether oxygens (including phenoxy) is 2. The number of carboxylic acid groups (broad SMARTS) is 1. The Morgan fingerprint density at radius 1 is 1.24 bits per heavy atom. The number of hydrogen-bond donors (Lipinski definition) is 2. The van der Waals surface area contributed by atoms with Crippen molar-refractivity contribution in [2.75, 3.05) is 13.2 Å². The molecule has 176 valence electrons. The van der Waals surface area contributed by atoms with Crippen molar-refractivity contribution in [2.24, 2.45) is 0 Å². The minimum atomic E-state index is -0.995. The molecule has 1 saturated heterocycles.